The van der Waals surface area contributed by atoms with Gasteiger partial charge in [-0.3, -0.25) is 9.47 Å². The average molecular weight is 329 g/mol. The van der Waals surface area contributed by atoms with Crippen molar-refractivity contribution in [2.24, 2.45) is 0 Å². The van der Waals surface area contributed by atoms with E-state index in [1.807, 2.05) is 4.57 Å². The highest BCUT2D eigenvalue weighted by atomic mass is 16.5. The first-order valence-electron chi connectivity index (χ1n) is 8.79. The van der Waals surface area contributed by atoms with Gasteiger partial charge in [-0.1, -0.05) is 0 Å². The maximum absolute atomic E-state index is 6.34. The summed E-state index contributed by atoms with van der Waals surface area (Å²) >= 11 is 0. The number of rotatable bonds is 3. The van der Waals surface area contributed by atoms with Crippen LogP contribution in [0.2, 0.25) is 0 Å². The van der Waals surface area contributed by atoms with E-state index < -0.39 is 0 Å². The Bertz CT molecular complexity index is 756. The molecule has 2 atom stereocenters. The van der Waals surface area contributed by atoms with Gasteiger partial charge in [0.1, 0.15) is 18.1 Å². The summed E-state index contributed by atoms with van der Waals surface area (Å²) in [6.45, 7) is 4.49. The van der Waals surface area contributed by atoms with E-state index in [1.54, 1.807) is 6.33 Å². The van der Waals surface area contributed by atoms with Crippen LogP contribution >= 0.6 is 0 Å². The van der Waals surface area contributed by atoms with Crippen LogP contribution in [0, 0.1) is 0 Å². The van der Waals surface area contributed by atoms with Crippen molar-refractivity contribution in [2.75, 3.05) is 31.9 Å². The first kappa shape index (κ1) is 14.6. The lowest BCUT2D eigenvalue weighted by Crippen LogP contribution is -2.66. The van der Waals surface area contributed by atoms with Crippen molar-refractivity contribution in [1.29, 1.82) is 0 Å². The third-order valence-corrected chi connectivity index (χ3v) is 5.86. The molecule has 0 radical (unpaired) electrons. The van der Waals surface area contributed by atoms with E-state index in [-0.39, 0.29) is 12.3 Å². The number of hydrogen-bond acceptors (Lipinski definition) is 7. The fourth-order valence-corrected chi connectivity index (χ4v) is 4.45. The predicted molar refractivity (Wildman–Crippen MR) is 89.3 cm³/mol. The number of nitrogens with two attached hydrogens (primary N) is 1. The van der Waals surface area contributed by atoms with E-state index in [4.69, 9.17) is 10.5 Å². The monoisotopic (exact) mass is 329 g/mol. The van der Waals surface area contributed by atoms with Crippen LogP contribution in [0.5, 0.6) is 0 Å². The quantitative estimate of drug-likeness (QED) is 0.848. The number of imidazole rings is 1. The molecule has 0 saturated carbocycles. The van der Waals surface area contributed by atoms with Crippen molar-refractivity contribution in [2.45, 2.75) is 43.6 Å². The van der Waals surface area contributed by atoms with E-state index in [1.165, 1.54) is 25.7 Å². The fraction of sp³-hybridized carbons (Fsp3) is 0.688. The van der Waals surface area contributed by atoms with Crippen LogP contribution in [0.3, 0.4) is 0 Å². The highest BCUT2D eigenvalue weighted by Gasteiger charge is 2.46. The van der Waals surface area contributed by atoms with Gasteiger partial charge >= 0.3 is 0 Å². The lowest BCUT2D eigenvalue weighted by molar-refractivity contribution is -0.0315. The Kier molecular flexibility index (Phi) is 3.26. The van der Waals surface area contributed by atoms with E-state index in [0.29, 0.717) is 16.9 Å². The molecule has 0 aliphatic carbocycles. The Morgan fingerprint density at radius 1 is 1.29 bits per heavy atom. The zero-order valence-corrected chi connectivity index (χ0v) is 13.7. The van der Waals surface area contributed by atoms with Gasteiger partial charge in [-0.2, -0.15) is 0 Å². The molecule has 3 saturated heterocycles. The minimum Gasteiger partial charge on any atom is -0.382 e. The molecule has 2 unspecified atom stereocenters. The smallest absolute Gasteiger partial charge is 0.167 e. The molecule has 3 fully saturated rings. The molecule has 5 heterocycles. The van der Waals surface area contributed by atoms with Gasteiger partial charge in [-0.05, 0) is 32.2 Å². The van der Waals surface area contributed by atoms with E-state index >= 15 is 0 Å². The average Bonchev–Trinajstić information content (AvgIpc) is 3.24. The van der Waals surface area contributed by atoms with Crippen molar-refractivity contribution in [1.82, 2.24) is 29.7 Å². The number of nitrogens with zero attached hydrogens (tertiary/aromatic N) is 5. The highest BCUT2D eigenvalue weighted by Crippen LogP contribution is 2.36. The van der Waals surface area contributed by atoms with Crippen LogP contribution in [-0.2, 0) is 4.74 Å². The molecule has 3 N–H and O–H groups in total. The van der Waals surface area contributed by atoms with Crippen molar-refractivity contribution >= 4 is 17.0 Å². The normalized spacial score (nSPS) is 29.5. The lowest BCUT2D eigenvalue weighted by Gasteiger charge is -2.47. The van der Waals surface area contributed by atoms with Gasteiger partial charge in [0, 0.05) is 25.2 Å². The van der Waals surface area contributed by atoms with Crippen molar-refractivity contribution < 1.29 is 4.74 Å². The number of nitrogen functional groups attached to an aromatic ring is 1. The Morgan fingerprint density at radius 3 is 3.04 bits per heavy atom. The molecule has 5 rings (SSSR count). The van der Waals surface area contributed by atoms with Gasteiger partial charge in [0.05, 0.1) is 12.4 Å². The molecule has 8 heteroatoms. The van der Waals surface area contributed by atoms with Crippen LogP contribution in [-0.4, -0.2) is 62.2 Å². The SMILES string of the molecule is Nc1ncnc2c1ncn2C1CCC(CN2CCCC23CNC3)O1. The number of anilines is 1. The first-order valence-corrected chi connectivity index (χ1v) is 8.79. The molecule has 2 aromatic heterocycles. The number of fused-ring (bicyclic) bond motifs is 1. The van der Waals surface area contributed by atoms with Gasteiger partial charge in [0.25, 0.3) is 0 Å². The Balaban J connectivity index is 1.31. The second-order valence-electron chi connectivity index (χ2n) is 7.25. The van der Waals surface area contributed by atoms with E-state index in [9.17, 15) is 0 Å². The molecule has 24 heavy (non-hydrogen) atoms. The molecule has 3 aliphatic rings. The molecule has 2 aromatic rings. The third kappa shape index (κ3) is 2.13. The van der Waals surface area contributed by atoms with Crippen molar-refractivity contribution in [3.8, 4) is 0 Å². The Morgan fingerprint density at radius 2 is 2.21 bits per heavy atom. The zero-order chi connectivity index (χ0) is 16.1. The Hall–Kier alpha value is -1.77. The summed E-state index contributed by atoms with van der Waals surface area (Å²) in [5, 5.41) is 3.43. The minimum absolute atomic E-state index is 0.00707. The lowest BCUT2D eigenvalue weighted by atomic mass is 9.89. The maximum atomic E-state index is 6.34. The van der Waals surface area contributed by atoms with Crippen LogP contribution in [0.25, 0.3) is 11.2 Å². The van der Waals surface area contributed by atoms with Gasteiger partial charge in [0.15, 0.2) is 11.5 Å². The summed E-state index contributed by atoms with van der Waals surface area (Å²) in [4.78, 5) is 15.3. The van der Waals surface area contributed by atoms with E-state index in [0.717, 1.165) is 38.1 Å². The number of aromatic nitrogens is 4. The molecule has 8 nitrogen and oxygen atoms in total. The second-order valence-corrected chi connectivity index (χ2v) is 7.25. The van der Waals surface area contributed by atoms with Crippen LogP contribution < -0.4 is 11.1 Å². The largest absolute Gasteiger partial charge is 0.382 e. The number of nitrogens with one attached hydrogen (secondary N) is 1. The number of likely N-dealkylation sites (tertiary alicyclic amines) is 1. The summed E-state index contributed by atoms with van der Waals surface area (Å²) in [6, 6.07) is 0. The van der Waals surface area contributed by atoms with Crippen LogP contribution in [0.15, 0.2) is 12.7 Å². The summed E-state index contributed by atoms with van der Waals surface area (Å²) in [6.07, 6.45) is 8.22. The zero-order valence-electron chi connectivity index (χ0n) is 13.7. The van der Waals surface area contributed by atoms with Gasteiger partial charge in [-0.15, -0.1) is 0 Å². The molecular weight excluding hydrogens is 306 g/mol. The standard InChI is InChI=1S/C16H23N7O/c17-14-13-15(20-9-19-14)23(10-21-13)12-3-2-11(24-12)6-22-5-1-4-16(22)7-18-8-16/h9-12,18H,1-8H2,(H2,17,19,20). The van der Waals surface area contributed by atoms with Crippen LogP contribution in [0.4, 0.5) is 5.82 Å². The van der Waals surface area contributed by atoms with Crippen molar-refractivity contribution in [3.63, 3.8) is 0 Å². The Labute approximate surface area is 140 Å². The maximum Gasteiger partial charge on any atom is 0.167 e. The van der Waals surface area contributed by atoms with Crippen LogP contribution in [0.1, 0.15) is 31.9 Å². The van der Waals surface area contributed by atoms with Gasteiger partial charge < -0.3 is 15.8 Å². The first-order chi connectivity index (χ1) is 11.8. The summed E-state index contributed by atoms with van der Waals surface area (Å²) in [5.41, 5.74) is 7.70. The molecule has 0 bridgehead atoms. The summed E-state index contributed by atoms with van der Waals surface area (Å²) in [7, 11) is 0. The predicted octanol–water partition coefficient (Wildman–Crippen LogP) is 0.524. The highest BCUT2D eigenvalue weighted by molar-refractivity contribution is 5.81. The molecule has 0 amide bonds. The van der Waals surface area contributed by atoms with Crippen molar-refractivity contribution in [3.05, 3.63) is 12.7 Å². The second kappa shape index (κ2) is 5.37. The topological polar surface area (TPSA) is 94.1 Å². The molecule has 3 aliphatic heterocycles. The number of hydrogen-bond donors (Lipinski definition) is 2. The minimum atomic E-state index is -0.00707. The van der Waals surface area contributed by atoms with Gasteiger partial charge in [0.2, 0.25) is 0 Å². The molecule has 0 aromatic carbocycles. The summed E-state index contributed by atoms with van der Waals surface area (Å²) in [5.74, 6) is 0.421. The third-order valence-electron chi connectivity index (χ3n) is 5.86. The van der Waals surface area contributed by atoms with E-state index in [2.05, 4.69) is 25.2 Å². The molecular formula is C16H23N7O. The summed E-state index contributed by atoms with van der Waals surface area (Å²) < 4.78 is 8.34. The molecule has 1 spiro atoms. The number of ether oxygens (including phenoxy) is 1. The molecule has 128 valence electrons. The van der Waals surface area contributed by atoms with Gasteiger partial charge in [-0.25, -0.2) is 15.0 Å². The fourth-order valence-electron chi connectivity index (χ4n) is 4.45.